The van der Waals surface area contributed by atoms with Gasteiger partial charge in [-0.2, -0.15) is 0 Å². The lowest BCUT2D eigenvalue weighted by atomic mass is 9.98. The molecule has 2 aliphatic rings. The predicted octanol–water partition coefficient (Wildman–Crippen LogP) is 1.77. The largest absolute Gasteiger partial charge is 0.481 e. The van der Waals surface area contributed by atoms with Gasteiger partial charge in [-0.1, -0.05) is 0 Å². The van der Waals surface area contributed by atoms with Crippen LogP contribution in [0, 0.1) is 5.92 Å². The van der Waals surface area contributed by atoms with E-state index in [1.54, 1.807) is 0 Å². The highest BCUT2D eigenvalue weighted by Crippen LogP contribution is 2.23. The van der Waals surface area contributed by atoms with Crippen LogP contribution in [0.15, 0.2) is 12.1 Å². The number of carboxylic acid groups (broad SMARTS) is 1. The predicted molar refractivity (Wildman–Crippen MR) is 80.7 cm³/mol. The zero-order chi connectivity index (χ0) is 14.7. The third-order valence-corrected chi connectivity index (χ3v) is 4.41. The summed E-state index contributed by atoms with van der Waals surface area (Å²) in [5.41, 5.74) is 0. The quantitative estimate of drug-likeness (QED) is 0.915. The van der Waals surface area contributed by atoms with Crippen LogP contribution in [0.2, 0.25) is 0 Å². The molecule has 0 saturated carbocycles. The van der Waals surface area contributed by atoms with E-state index in [1.165, 1.54) is 19.3 Å². The number of aromatic nitrogens is 2. The van der Waals surface area contributed by atoms with Gasteiger partial charge in [0.2, 0.25) is 0 Å². The van der Waals surface area contributed by atoms with Gasteiger partial charge in [0, 0.05) is 26.2 Å². The number of hydrogen-bond acceptors (Lipinski definition) is 5. The standard InChI is InChI=1S/C15H22N4O2/c20-15(21)12-5-4-10-19(11-12)14-7-6-13(16-17-14)18-8-2-1-3-9-18/h6-7,12H,1-5,8-11H2,(H,20,21). The molecule has 2 fully saturated rings. The number of anilines is 2. The van der Waals surface area contributed by atoms with Crippen molar-refractivity contribution in [2.45, 2.75) is 32.1 Å². The number of carbonyl (C=O) groups is 1. The molecular formula is C15H22N4O2. The van der Waals surface area contributed by atoms with Crippen LogP contribution in [0.1, 0.15) is 32.1 Å². The second-order valence-corrected chi connectivity index (χ2v) is 5.92. The van der Waals surface area contributed by atoms with Crippen LogP contribution in [0.4, 0.5) is 11.6 Å². The molecule has 3 heterocycles. The molecule has 1 N–H and O–H groups in total. The molecule has 0 spiro atoms. The van der Waals surface area contributed by atoms with Gasteiger partial charge in [-0.3, -0.25) is 4.79 Å². The van der Waals surface area contributed by atoms with Gasteiger partial charge in [0.1, 0.15) is 0 Å². The minimum atomic E-state index is -0.711. The van der Waals surface area contributed by atoms with Gasteiger partial charge in [-0.15, -0.1) is 10.2 Å². The maximum atomic E-state index is 11.1. The first-order valence-corrected chi connectivity index (χ1v) is 7.80. The van der Waals surface area contributed by atoms with Gasteiger partial charge in [0.05, 0.1) is 5.92 Å². The molecule has 114 valence electrons. The van der Waals surface area contributed by atoms with Crippen LogP contribution in [-0.2, 0) is 4.79 Å². The Morgan fingerprint density at radius 2 is 1.62 bits per heavy atom. The molecule has 0 aliphatic carbocycles. The Kier molecular flexibility index (Phi) is 4.22. The fraction of sp³-hybridized carbons (Fsp3) is 0.667. The van der Waals surface area contributed by atoms with Crippen molar-refractivity contribution in [2.75, 3.05) is 36.0 Å². The summed E-state index contributed by atoms with van der Waals surface area (Å²) in [4.78, 5) is 15.4. The van der Waals surface area contributed by atoms with Gasteiger partial charge in [0.15, 0.2) is 11.6 Å². The van der Waals surface area contributed by atoms with Crippen LogP contribution in [0.3, 0.4) is 0 Å². The number of hydrogen-bond donors (Lipinski definition) is 1. The minimum absolute atomic E-state index is 0.290. The maximum absolute atomic E-state index is 11.1. The first-order chi connectivity index (χ1) is 10.2. The lowest BCUT2D eigenvalue weighted by Gasteiger charge is -2.32. The average Bonchev–Trinajstić information content (AvgIpc) is 2.56. The molecule has 1 atom stereocenters. The van der Waals surface area contributed by atoms with Crippen LogP contribution in [-0.4, -0.2) is 47.5 Å². The number of nitrogens with zero attached hydrogens (tertiary/aromatic N) is 4. The van der Waals surface area contributed by atoms with Gasteiger partial charge < -0.3 is 14.9 Å². The fourth-order valence-corrected chi connectivity index (χ4v) is 3.17. The van der Waals surface area contributed by atoms with Gasteiger partial charge >= 0.3 is 5.97 Å². The topological polar surface area (TPSA) is 69.6 Å². The van der Waals surface area contributed by atoms with Gasteiger partial charge in [-0.05, 0) is 44.2 Å². The summed E-state index contributed by atoms with van der Waals surface area (Å²) in [6.07, 6.45) is 5.38. The van der Waals surface area contributed by atoms with E-state index < -0.39 is 5.97 Å². The molecular weight excluding hydrogens is 268 g/mol. The number of rotatable bonds is 3. The van der Waals surface area contributed by atoms with Crippen LogP contribution >= 0.6 is 0 Å². The molecule has 0 amide bonds. The van der Waals surface area contributed by atoms with E-state index >= 15 is 0 Å². The van der Waals surface area contributed by atoms with Crippen LogP contribution in [0.5, 0.6) is 0 Å². The van der Waals surface area contributed by atoms with E-state index in [0.717, 1.165) is 44.1 Å². The number of piperidine rings is 2. The molecule has 1 aromatic rings. The minimum Gasteiger partial charge on any atom is -0.481 e. The lowest BCUT2D eigenvalue weighted by molar-refractivity contribution is -0.141. The molecule has 6 heteroatoms. The lowest BCUT2D eigenvalue weighted by Crippen LogP contribution is -2.39. The number of aliphatic carboxylic acids is 1. The monoisotopic (exact) mass is 290 g/mol. The summed E-state index contributed by atoms with van der Waals surface area (Å²) in [5, 5.41) is 17.8. The molecule has 1 unspecified atom stereocenters. The summed E-state index contributed by atoms with van der Waals surface area (Å²) >= 11 is 0. The average molecular weight is 290 g/mol. The first kappa shape index (κ1) is 14.1. The van der Waals surface area contributed by atoms with E-state index in [4.69, 9.17) is 5.11 Å². The smallest absolute Gasteiger partial charge is 0.308 e. The third kappa shape index (κ3) is 3.25. The highest BCUT2D eigenvalue weighted by molar-refractivity contribution is 5.71. The van der Waals surface area contributed by atoms with Crippen molar-refractivity contribution in [2.24, 2.45) is 5.92 Å². The van der Waals surface area contributed by atoms with Crippen LogP contribution in [0.25, 0.3) is 0 Å². The number of carboxylic acids is 1. The summed E-state index contributed by atoms with van der Waals surface area (Å²) in [6.45, 7) is 3.51. The van der Waals surface area contributed by atoms with E-state index in [9.17, 15) is 4.79 Å². The van der Waals surface area contributed by atoms with Crippen molar-refractivity contribution >= 4 is 17.6 Å². The second kappa shape index (κ2) is 6.28. The molecule has 2 saturated heterocycles. The molecule has 3 rings (SSSR count). The molecule has 6 nitrogen and oxygen atoms in total. The van der Waals surface area contributed by atoms with E-state index in [2.05, 4.69) is 15.1 Å². The second-order valence-electron chi connectivity index (χ2n) is 5.92. The van der Waals surface area contributed by atoms with Crippen LogP contribution < -0.4 is 9.80 Å². The summed E-state index contributed by atoms with van der Waals surface area (Å²) in [6, 6.07) is 3.99. The Labute approximate surface area is 124 Å². The molecule has 2 aliphatic heterocycles. The Morgan fingerprint density at radius 3 is 2.24 bits per heavy atom. The fourth-order valence-electron chi connectivity index (χ4n) is 3.17. The molecule has 0 radical (unpaired) electrons. The first-order valence-electron chi connectivity index (χ1n) is 7.80. The molecule has 1 aromatic heterocycles. The van der Waals surface area contributed by atoms with Crippen molar-refractivity contribution < 1.29 is 9.90 Å². The van der Waals surface area contributed by atoms with E-state index in [-0.39, 0.29) is 5.92 Å². The maximum Gasteiger partial charge on any atom is 0.308 e. The Morgan fingerprint density at radius 1 is 1.00 bits per heavy atom. The summed E-state index contributed by atoms with van der Waals surface area (Å²) in [7, 11) is 0. The van der Waals surface area contributed by atoms with Crippen molar-refractivity contribution in [1.29, 1.82) is 0 Å². The zero-order valence-electron chi connectivity index (χ0n) is 12.2. The van der Waals surface area contributed by atoms with Gasteiger partial charge in [-0.25, -0.2) is 0 Å². The van der Waals surface area contributed by atoms with Gasteiger partial charge in [0.25, 0.3) is 0 Å². The molecule has 21 heavy (non-hydrogen) atoms. The van der Waals surface area contributed by atoms with Crippen molar-refractivity contribution in [1.82, 2.24) is 10.2 Å². The SMILES string of the molecule is O=C(O)C1CCCN(c2ccc(N3CCCCC3)nn2)C1. The summed E-state index contributed by atoms with van der Waals surface area (Å²) < 4.78 is 0. The van der Waals surface area contributed by atoms with Crippen molar-refractivity contribution in [3.63, 3.8) is 0 Å². The highest BCUT2D eigenvalue weighted by atomic mass is 16.4. The zero-order valence-corrected chi connectivity index (χ0v) is 12.2. The Hall–Kier alpha value is -1.85. The van der Waals surface area contributed by atoms with E-state index in [0.29, 0.717) is 6.54 Å². The molecule has 0 aromatic carbocycles. The highest BCUT2D eigenvalue weighted by Gasteiger charge is 2.26. The Balaban J connectivity index is 1.67. The van der Waals surface area contributed by atoms with Crippen molar-refractivity contribution in [3.8, 4) is 0 Å². The normalized spacial score (nSPS) is 23.1. The van der Waals surface area contributed by atoms with Crippen molar-refractivity contribution in [3.05, 3.63) is 12.1 Å². The van der Waals surface area contributed by atoms with E-state index in [1.807, 2.05) is 17.0 Å². The molecule has 0 bridgehead atoms. The third-order valence-electron chi connectivity index (χ3n) is 4.41. The Bertz CT molecular complexity index is 485. The summed E-state index contributed by atoms with van der Waals surface area (Å²) in [5.74, 6) is 0.729.